The summed E-state index contributed by atoms with van der Waals surface area (Å²) in [5, 5.41) is 9.87. The van der Waals surface area contributed by atoms with Crippen LogP contribution in [0, 0.1) is 0 Å². The lowest BCUT2D eigenvalue weighted by Gasteiger charge is -2.23. The highest BCUT2D eigenvalue weighted by molar-refractivity contribution is 5.71. The van der Waals surface area contributed by atoms with Gasteiger partial charge in [0.15, 0.2) is 0 Å². The highest BCUT2D eigenvalue weighted by atomic mass is 16.5. The summed E-state index contributed by atoms with van der Waals surface area (Å²) in [5.74, 6) is -0.241. The van der Waals surface area contributed by atoms with E-state index in [-0.39, 0.29) is 12.5 Å². The zero-order chi connectivity index (χ0) is 14.5. The van der Waals surface area contributed by atoms with Gasteiger partial charge in [-0.1, -0.05) is 20.3 Å². The first-order chi connectivity index (χ1) is 9.13. The second-order valence-electron chi connectivity index (χ2n) is 4.62. The van der Waals surface area contributed by atoms with E-state index >= 15 is 0 Å². The average molecular weight is 275 g/mol. The van der Waals surface area contributed by atoms with E-state index in [1.54, 1.807) is 6.92 Å². The largest absolute Gasteiger partial charge is 0.465 e. The Morgan fingerprint density at radius 3 is 2.58 bits per heavy atom. The zero-order valence-electron chi connectivity index (χ0n) is 12.6. The number of nitrogens with zero attached hydrogens (tertiary/aromatic N) is 1. The maximum absolute atomic E-state index is 11.4. The lowest BCUT2D eigenvalue weighted by Crippen LogP contribution is -2.39. The van der Waals surface area contributed by atoms with Gasteiger partial charge in [-0.05, 0) is 26.3 Å². The smallest absolute Gasteiger partial charge is 0.320 e. The van der Waals surface area contributed by atoms with E-state index in [1.165, 1.54) is 0 Å². The SMILES string of the molecule is CCCCOCC(O)CN(CCC)CC(=O)OCC. The van der Waals surface area contributed by atoms with Gasteiger partial charge >= 0.3 is 5.97 Å². The van der Waals surface area contributed by atoms with E-state index < -0.39 is 6.10 Å². The van der Waals surface area contributed by atoms with Crippen molar-refractivity contribution in [1.82, 2.24) is 4.90 Å². The summed E-state index contributed by atoms with van der Waals surface area (Å²) in [6.07, 6.45) is 2.47. The fourth-order valence-corrected chi connectivity index (χ4v) is 1.76. The molecule has 0 aliphatic heterocycles. The molecule has 0 spiro atoms. The lowest BCUT2D eigenvalue weighted by atomic mass is 10.3. The van der Waals surface area contributed by atoms with Crippen molar-refractivity contribution in [2.24, 2.45) is 0 Å². The van der Waals surface area contributed by atoms with Gasteiger partial charge in [0.25, 0.3) is 0 Å². The molecule has 0 heterocycles. The van der Waals surface area contributed by atoms with E-state index in [9.17, 15) is 9.90 Å². The van der Waals surface area contributed by atoms with Crippen molar-refractivity contribution >= 4 is 5.97 Å². The molecule has 1 unspecified atom stereocenters. The number of aliphatic hydroxyl groups excluding tert-OH is 1. The molecule has 1 atom stereocenters. The van der Waals surface area contributed by atoms with E-state index in [4.69, 9.17) is 9.47 Å². The van der Waals surface area contributed by atoms with Gasteiger partial charge in [0.05, 0.1) is 25.9 Å². The molecule has 0 rings (SSSR count). The third-order valence-corrected chi connectivity index (χ3v) is 2.62. The highest BCUT2D eigenvalue weighted by Gasteiger charge is 2.15. The molecule has 0 radical (unpaired) electrons. The molecule has 0 amide bonds. The molecule has 0 saturated heterocycles. The Kier molecular flexibility index (Phi) is 12.0. The Bertz CT molecular complexity index is 223. The van der Waals surface area contributed by atoms with Crippen LogP contribution in [0.5, 0.6) is 0 Å². The Labute approximate surface area is 116 Å². The number of carbonyl (C=O) groups is 1. The summed E-state index contributed by atoms with van der Waals surface area (Å²) in [5.41, 5.74) is 0. The van der Waals surface area contributed by atoms with Crippen molar-refractivity contribution < 1.29 is 19.4 Å². The molecule has 114 valence electrons. The predicted molar refractivity (Wildman–Crippen MR) is 75.1 cm³/mol. The summed E-state index contributed by atoms with van der Waals surface area (Å²) >= 11 is 0. The summed E-state index contributed by atoms with van der Waals surface area (Å²) in [6, 6.07) is 0. The van der Waals surface area contributed by atoms with E-state index in [0.717, 1.165) is 25.8 Å². The van der Waals surface area contributed by atoms with Crippen LogP contribution >= 0.6 is 0 Å². The van der Waals surface area contributed by atoms with E-state index in [1.807, 2.05) is 11.8 Å². The summed E-state index contributed by atoms with van der Waals surface area (Å²) < 4.78 is 10.3. The van der Waals surface area contributed by atoms with Crippen LogP contribution < -0.4 is 0 Å². The average Bonchev–Trinajstić information content (AvgIpc) is 2.35. The molecule has 1 N–H and O–H groups in total. The van der Waals surface area contributed by atoms with Crippen molar-refractivity contribution in [1.29, 1.82) is 0 Å². The molecular weight excluding hydrogens is 246 g/mol. The fraction of sp³-hybridized carbons (Fsp3) is 0.929. The summed E-state index contributed by atoms with van der Waals surface area (Å²) in [4.78, 5) is 13.3. The normalized spacial score (nSPS) is 12.7. The van der Waals surface area contributed by atoms with Gasteiger partial charge in [-0.25, -0.2) is 0 Å². The fourth-order valence-electron chi connectivity index (χ4n) is 1.76. The monoisotopic (exact) mass is 275 g/mol. The Balaban J connectivity index is 3.92. The second kappa shape index (κ2) is 12.4. The van der Waals surface area contributed by atoms with Crippen molar-refractivity contribution in [2.45, 2.75) is 46.1 Å². The Morgan fingerprint density at radius 1 is 1.26 bits per heavy atom. The topological polar surface area (TPSA) is 59.0 Å². The first kappa shape index (κ1) is 18.4. The summed E-state index contributed by atoms with van der Waals surface area (Å²) in [7, 11) is 0. The van der Waals surface area contributed by atoms with Crippen LogP contribution in [0.4, 0.5) is 0 Å². The molecule has 19 heavy (non-hydrogen) atoms. The number of unbranched alkanes of at least 4 members (excludes halogenated alkanes) is 1. The van der Waals surface area contributed by atoms with Gasteiger partial charge in [0.1, 0.15) is 0 Å². The van der Waals surface area contributed by atoms with Crippen molar-refractivity contribution in [3.8, 4) is 0 Å². The van der Waals surface area contributed by atoms with Gasteiger partial charge in [-0.3, -0.25) is 9.69 Å². The Hall–Kier alpha value is -0.650. The van der Waals surface area contributed by atoms with Gasteiger partial charge in [-0.15, -0.1) is 0 Å². The first-order valence-corrected chi connectivity index (χ1v) is 7.27. The maximum atomic E-state index is 11.4. The van der Waals surface area contributed by atoms with Gasteiger partial charge in [0, 0.05) is 13.2 Å². The first-order valence-electron chi connectivity index (χ1n) is 7.27. The number of rotatable bonds is 12. The molecule has 5 heteroatoms. The molecule has 0 fully saturated rings. The van der Waals surface area contributed by atoms with Crippen molar-refractivity contribution in [2.75, 3.05) is 39.5 Å². The maximum Gasteiger partial charge on any atom is 0.320 e. The zero-order valence-corrected chi connectivity index (χ0v) is 12.6. The van der Waals surface area contributed by atoms with Crippen LogP contribution in [0.3, 0.4) is 0 Å². The minimum Gasteiger partial charge on any atom is -0.465 e. The molecule has 0 aliphatic carbocycles. The van der Waals surface area contributed by atoms with Crippen LogP contribution in [0.1, 0.15) is 40.0 Å². The van der Waals surface area contributed by atoms with Gasteiger partial charge < -0.3 is 14.6 Å². The molecule has 0 aromatic rings. The van der Waals surface area contributed by atoms with Crippen molar-refractivity contribution in [3.63, 3.8) is 0 Å². The number of ether oxygens (including phenoxy) is 2. The molecule has 0 bridgehead atoms. The number of aliphatic hydroxyl groups is 1. The predicted octanol–water partition coefficient (Wildman–Crippen LogP) is 1.44. The van der Waals surface area contributed by atoms with Crippen molar-refractivity contribution in [3.05, 3.63) is 0 Å². The third kappa shape index (κ3) is 10.9. The molecule has 0 aromatic carbocycles. The number of esters is 1. The molecule has 0 aromatic heterocycles. The third-order valence-electron chi connectivity index (χ3n) is 2.62. The molecule has 0 aliphatic rings. The number of hydrogen-bond acceptors (Lipinski definition) is 5. The van der Waals surface area contributed by atoms with Crippen LogP contribution in [-0.2, 0) is 14.3 Å². The van der Waals surface area contributed by atoms with Crippen LogP contribution in [0.15, 0.2) is 0 Å². The van der Waals surface area contributed by atoms with Crippen LogP contribution in [-0.4, -0.2) is 61.5 Å². The van der Waals surface area contributed by atoms with Crippen LogP contribution in [0.25, 0.3) is 0 Å². The highest BCUT2D eigenvalue weighted by Crippen LogP contribution is 1.98. The minimum absolute atomic E-state index is 0.230. The second-order valence-corrected chi connectivity index (χ2v) is 4.62. The quantitative estimate of drug-likeness (QED) is 0.431. The molecular formula is C14H29NO4. The van der Waals surface area contributed by atoms with Crippen LogP contribution in [0.2, 0.25) is 0 Å². The lowest BCUT2D eigenvalue weighted by molar-refractivity contribution is -0.144. The minimum atomic E-state index is -0.558. The molecule has 5 nitrogen and oxygen atoms in total. The standard InChI is InChI=1S/C14H29NO4/c1-4-7-9-18-12-13(16)10-15(8-5-2)11-14(17)19-6-3/h13,16H,4-12H2,1-3H3. The van der Waals surface area contributed by atoms with E-state index in [2.05, 4.69) is 6.92 Å². The van der Waals surface area contributed by atoms with E-state index in [0.29, 0.717) is 26.4 Å². The van der Waals surface area contributed by atoms with Gasteiger partial charge in [-0.2, -0.15) is 0 Å². The number of carbonyl (C=O) groups excluding carboxylic acids is 1. The van der Waals surface area contributed by atoms with Gasteiger partial charge in [0.2, 0.25) is 0 Å². The summed E-state index contributed by atoms with van der Waals surface area (Å²) in [6.45, 7) is 8.77. The Morgan fingerprint density at radius 2 is 2.00 bits per heavy atom. The number of hydrogen-bond donors (Lipinski definition) is 1. The molecule has 0 saturated carbocycles.